The van der Waals surface area contributed by atoms with Crippen LogP contribution in [0.3, 0.4) is 0 Å². The Morgan fingerprint density at radius 2 is 0.810 bits per heavy atom. The molecule has 0 aliphatic carbocycles. The maximum absolute atomic E-state index is 2.26. The van der Waals surface area contributed by atoms with E-state index in [2.05, 4.69) is 91.0 Å². The molecule has 3 aromatic rings. The van der Waals surface area contributed by atoms with Crippen molar-refractivity contribution in [1.29, 1.82) is 0 Å². The van der Waals surface area contributed by atoms with Crippen molar-refractivity contribution in [3.63, 3.8) is 0 Å². The lowest BCUT2D eigenvalue weighted by molar-refractivity contribution is 0.691. The molecule has 0 amide bonds. The minimum absolute atomic E-state index is 0.0179. The summed E-state index contributed by atoms with van der Waals surface area (Å²) in [6.45, 7) is 0. The SMILES string of the molecule is [SiH3]CC(c1ccccc1)(c1ccccc1)c1ccccc1. The van der Waals surface area contributed by atoms with Crippen LogP contribution in [0.4, 0.5) is 0 Å². The Kier molecular flexibility index (Phi) is 4.02. The van der Waals surface area contributed by atoms with Crippen LogP contribution in [0.25, 0.3) is 0 Å². The Bertz CT molecular complexity index is 578. The van der Waals surface area contributed by atoms with Crippen molar-refractivity contribution >= 4 is 10.2 Å². The van der Waals surface area contributed by atoms with Crippen molar-refractivity contribution in [2.45, 2.75) is 11.5 Å². The highest BCUT2D eigenvalue weighted by Gasteiger charge is 2.33. The molecule has 3 aromatic carbocycles. The summed E-state index contributed by atoms with van der Waals surface area (Å²) in [5.74, 6) is 0. The summed E-state index contributed by atoms with van der Waals surface area (Å²) in [7, 11) is 1.15. The summed E-state index contributed by atoms with van der Waals surface area (Å²) in [5, 5.41) is 0. The molecule has 0 heterocycles. The summed E-state index contributed by atoms with van der Waals surface area (Å²) in [6, 6.07) is 33.9. The fraction of sp³-hybridized carbons (Fsp3) is 0.100. The zero-order valence-corrected chi connectivity index (χ0v) is 14.4. The standard InChI is InChI=1S/C20H20Si/c21-16-20(17-10-4-1-5-11-17,18-12-6-2-7-13-18)19-14-8-3-9-15-19/h1-15H,16H2,21H3. The molecule has 0 atom stereocenters. The van der Waals surface area contributed by atoms with E-state index in [1.165, 1.54) is 22.7 Å². The van der Waals surface area contributed by atoms with Crippen molar-refractivity contribution in [1.82, 2.24) is 0 Å². The largest absolute Gasteiger partial charge is 0.0622 e. The Labute approximate surface area is 129 Å². The lowest BCUT2D eigenvalue weighted by Crippen LogP contribution is -2.28. The van der Waals surface area contributed by atoms with E-state index in [0.29, 0.717) is 0 Å². The summed E-state index contributed by atoms with van der Waals surface area (Å²) in [4.78, 5) is 0. The summed E-state index contributed by atoms with van der Waals surface area (Å²) in [6.07, 6.45) is 0. The molecule has 3 rings (SSSR count). The van der Waals surface area contributed by atoms with Crippen LogP contribution in [0.2, 0.25) is 6.04 Å². The molecule has 0 aliphatic heterocycles. The molecule has 0 aliphatic rings. The van der Waals surface area contributed by atoms with Crippen molar-refractivity contribution in [3.8, 4) is 0 Å². The maximum atomic E-state index is 2.26. The van der Waals surface area contributed by atoms with Gasteiger partial charge in [-0.2, -0.15) is 0 Å². The Balaban J connectivity index is 2.29. The molecule has 0 nitrogen and oxygen atoms in total. The molecule has 0 fully saturated rings. The van der Waals surface area contributed by atoms with Crippen LogP contribution in [0.15, 0.2) is 91.0 Å². The second-order valence-corrected chi connectivity index (χ2v) is 6.06. The minimum Gasteiger partial charge on any atom is -0.0622 e. The number of rotatable bonds is 4. The summed E-state index contributed by atoms with van der Waals surface area (Å²) in [5.41, 5.74) is 4.14. The molecular weight excluding hydrogens is 268 g/mol. The van der Waals surface area contributed by atoms with E-state index in [0.717, 1.165) is 10.2 Å². The third kappa shape index (κ3) is 2.45. The van der Waals surface area contributed by atoms with E-state index in [-0.39, 0.29) is 5.41 Å². The monoisotopic (exact) mass is 288 g/mol. The van der Waals surface area contributed by atoms with Gasteiger partial charge >= 0.3 is 0 Å². The molecule has 0 unspecified atom stereocenters. The zero-order valence-electron chi connectivity index (χ0n) is 12.4. The molecule has 0 N–H and O–H groups in total. The molecule has 0 radical (unpaired) electrons. The first kappa shape index (κ1) is 13.8. The first-order valence-corrected chi connectivity index (χ1v) is 8.96. The van der Waals surface area contributed by atoms with Crippen LogP contribution in [0.5, 0.6) is 0 Å². The quantitative estimate of drug-likeness (QED) is 0.506. The van der Waals surface area contributed by atoms with E-state index in [1.54, 1.807) is 0 Å². The second kappa shape index (κ2) is 6.11. The van der Waals surface area contributed by atoms with Crippen LogP contribution in [-0.2, 0) is 5.41 Å². The van der Waals surface area contributed by atoms with Crippen molar-refractivity contribution < 1.29 is 0 Å². The smallest absolute Gasteiger partial charge is 0.0420 e. The molecule has 104 valence electrons. The molecule has 21 heavy (non-hydrogen) atoms. The molecule has 0 bridgehead atoms. The first-order valence-electron chi connectivity index (χ1n) is 7.54. The fourth-order valence-corrected chi connectivity index (χ4v) is 4.51. The lowest BCUT2D eigenvalue weighted by Gasteiger charge is -2.35. The van der Waals surface area contributed by atoms with Crippen molar-refractivity contribution in [3.05, 3.63) is 108 Å². The molecular formula is C20H20Si. The van der Waals surface area contributed by atoms with Gasteiger partial charge in [-0.05, 0) is 22.7 Å². The van der Waals surface area contributed by atoms with Gasteiger partial charge in [0.25, 0.3) is 0 Å². The Hall–Kier alpha value is -2.12. The predicted molar refractivity (Wildman–Crippen MR) is 94.0 cm³/mol. The van der Waals surface area contributed by atoms with Gasteiger partial charge in [0.2, 0.25) is 0 Å². The van der Waals surface area contributed by atoms with Gasteiger partial charge in [0.05, 0.1) is 0 Å². The van der Waals surface area contributed by atoms with Gasteiger partial charge < -0.3 is 0 Å². The average molecular weight is 288 g/mol. The first-order chi connectivity index (χ1) is 10.4. The van der Waals surface area contributed by atoms with Gasteiger partial charge in [-0.15, -0.1) is 0 Å². The highest BCUT2D eigenvalue weighted by molar-refractivity contribution is 6.10. The molecule has 0 saturated heterocycles. The Morgan fingerprint density at radius 1 is 0.524 bits per heavy atom. The summed E-state index contributed by atoms with van der Waals surface area (Å²) >= 11 is 0. The van der Waals surface area contributed by atoms with Gasteiger partial charge in [-0.3, -0.25) is 0 Å². The third-order valence-corrected chi connectivity index (χ3v) is 5.39. The number of hydrogen-bond acceptors (Lipinski definition) is 0. The normalized spacial score (nSPS) is 11.4. The van der Waals surface area contributed by atoms with Gasteiger partial charge in [0, 0.05) is 15.7 Å². The van der Waals surface area contributed by atoms with Crippen LogP contribution in [0.1, 0.15) is 16.7 Å². The lowest BCUT2D eigenvalue weighted by atomic mass is 9.71. The van der Waals surface area contributed by atoms with Gasteiger partial charge in [0.1, 0.15) is 0 Å². The minimum atomic E-state index is -0.0179. The average Bonchev–Trinajstić information content (AvgIpc) is 2.59. The summed E-state index contributed by atoms with van der Waals surface area (Å²) < 4.78 is 0. The van der Waals surface area contributed by atoms with Crippen LogP contribution in [0, 0.1) is 0 Å². The van der Waals surface area contributed by atoms with Gasteiger partial charge in [-0.1, -0.05) is 91.0 Å². The highest BCUT2D eigenvalue weighted by Crippen LogP contribution is 2.41. The van der Waals surface area contributed by atoms with Crippen LogP contribution < -0.4 is 0 Å². The molecule has 0 spiro atoms. The predicted octanol–water partition coefficient (Wildman–Crippen LogP) is 3.80. The molecule has 0 saturated carbocycles. The van der Waals surface area contributed by atoms with E-state index in [9.17, 15) is 0 Å². The Morgan fingerprint density at radius 3 is 1.05 bits per heavy atom. The van der Waals surface area contributed by atoms with E-state index < -0.39 is 0 Å². The number of hydrogen-bond donors (Lipinski definition) is 0. The van der Waals surface area contributed by atoms with Crippen molar-refractivity contribution in [2.24, 2.45) is 0 Å². The molecule has 1 heteroatoms. The van der Waals surface area contributed by atoms with Gasteiger partial charge in [-0.25, -0.2) is 0 Å². The van der Waals surface area contributed by atoms with Gasteiger partial charge in [0.15, 0.2) is 0 Å². The topological polar surface area (TPSA) is 0 Å². The highest BCUT2D eigenvalue weighted by atomic mass is 28.1. The van der Waals surface area contributed by atoms with Crippen LogP contribution in [-0.4, -0.2) is 10.2 Å². The second-order valence-electron chi connectivity index (χ2n) is 5.36. The zero-order chi connectivity index (χ0) is 14.5. The third-order valence-electron chi connectivity index (χ3n) is 4.33. The molecule has 0 aromatic heterocycles. The van der Waals surface area contributed by atoms with Crippen LogP contribution >= 0.6 is 0 Å². The fourth-order valence-electron chi connectivity index (χ4n) is 3.28. The van der Waals surface area contributed by atoms with E-state index in [1.807, 2.05) is 0 Å². The number of benzene rings is 3. The van der Waals surface area contributed by atoms with E-state index in [4.69, 9.17) is 0 Å². The van der Waals surface area contributed by atoms with E-state index >= 15 is 0 Å². The van der Waals surface area contributed by atoms with Crippen molar-refractivity contribution in [2.75, 3.05) is 0 Å². The maximum Gasteiger partial charge on any atom is 0.0420 e.